The minimum atomic E-state index is -2.77. The first-order valence-corrected chi connectivity index (χ1v) is 6.20. The van der Waals surface area contributed by atoms with Gasteiger partial charge in [-0.2, -0.15) is 0 Å². The van der Waals surface area contributed by atoms with Crippen molar-refractivity contribution in [3.05, 3.63) is 33.1 Å². The monoisotopic (exact) mass is 283 g/mol. The third-order valence-corrected chi connectivity index (χ3v) is 3.18. The van der Waals surface area contributed by atoms with Gasteiger partial charge in [0.2, 0.25) is 0 Å². The molecule has 0 aromatic carbocycles. The molecule has 0 saturated heterocycles. The van der Waals surface area contributed by atoms with Crippen molar-refractivity contribution < 1.29 is 13.0 Å². The Morgan fingerprint density at radius 3 is 2.85 bits per heavy atom. The van der Waals surface area contributed by atoms with Crippen LogP contribution in [0.1, 0.15) is 34.3 Å². The molecule has 0 N–H and O–H groups in total. The number of aromatic nitrogens is 3. The highest BCUT2D eigenvalue weighted by molar-refractivity contribution is 5.75. The van der Waals surface area contributed by atoms with Gasteiger partial charge in [0, 0.05) is 41.4 Å². The third kappa shape index (κ3) is 2.45. The molecule has 2 heterocycles. The lowest BCUT2D eigenvalue weighted by molar-refractivity contribution is -0.117. The molecule has 6 heteroatoms. The molecule has 2 rings (SSSR count). The second kappa shape index (κ2) is 5.48. The van der Waals surface area contributed by atoms with Gasteiger partial charge in [0.25, 0.3) is 5.56 Å². The Morgan fingerprint density at radius 2 is 2.15 bits per heavy atom. The molecule has 2 aromatic heterocycles. The van der Waals surface area contributed by atoms with E-state index in [4.69, 9.17) is 8.22 Å². The molecule has 2 aromatic rings. The second-order valence-electron chi connectivity index (χ2n) is 4.62. The standard InChI is InChI=1S/C14H19N3O3/c1-10(18)6-4-5-8-17-13(19)11-7-9-15(2)12(11)16(3)14(17)20/h7,9H,4-6,8H2,1-3H3/i1D3,3D3. The summed E-state index contributed by atoms with van der Waals surface area (Å²) in [5, 5.41) is 0.0989. The molecule has 108 valence electrons. The van der Waals surface area contributed by atoms with Crippen LogP contribution < -0.4 is 11.2 Å². The number of Topliss-reactive ketones (excluding diaryl/α,β-unsaturated/α-hetero) is 1. The van der Waals surface area contributed by atoms with E-state index in [2.05, 4.69) is 0 Å². The Hall–Kier alpha value is -2.11. The Bertz CT molecular complexity index is 948. The molecular weight excluding hydrogens is 258 g/mol. The molecule has 0 saturated carbocycles. The third-order valence-electron chi connectivity index (χ3n) is 3.18. The number of nitrogens with zero attached hydrogens (tertiary/aromatic N) is 3. The summed E-state index contributed by atoms with van der Waals surface area (Å²) in [7, 11) is 1.54. The summed E-state index contributed by atoms with van der Waals surface area (Å²) >= 11 is 0. The first-order valence-electron chi connectivity index (χ1n) is 9.20. The van der Waals surface area contributed by atoms with Gasteiger partial charge in [-0.1, -0.05) is 0 Å². The minimum absolute atomic E-state index is 0.00818. The number of carbonyl (C=O) groups is 1. The lowest BCUT2D eigenvalue weighted by Crippen LogP contribution is -2.39. The van der Waals surface area contributed by atoms with E-state index in [1.54, 1.807) is 0 Å². The van der Waals surface area contributed by atoms with E-state index in [1.807, 2.05) is 0 Å². The predicted octanol–water partition coefficient (Wildman–Crippen LogP) is 0.798. The van der Waals surface area contributed by atoms with Crippen LogP contribution in [-0.4, -0.2) is 19.5 Å². The smallest absolute Gasteiger partial charge is 0.332 e. The number of aryl methyl sites for hydroxylation is 2. The second-order valence-corrected chi connectivity index (χ2v) is 4.62. The Kier molecular flexibility index (Phi) is 2.26. The van der Waals surface area contributed by atoms with E-state index in [9.17, 15) is 14.4 Å². The average molecular weight is 283 g/mol. The average Bonchev–Trinajstić information content (AvgIpc) is 2.86. The number of hydrogen-bond donors (Lipinski definition) is 0. The lowest BCUT2D eigenvalue weighted by atomic mass is 10.2. The zero-order valence-corrected chi connectivity index (χ0v) is 11.0. The summed E-state index contributed by atoms with van der Waals surface area (Å²) in [6.45, 7) is -5.55. The first-order chi connectivity index (χ1) is 11.9. The van der Waals surface area contributed by atoms with Gasteiger partial charge in [0.1, 0.15) is 11.4 Å². The van der Waals surface area contributed by atoms with Crippen molar-refractivity contribution >= 4 is 16.8 Å². The Labute approximate surface area is 124 Å². The first kappa shape index (κ1) is 8.24. The molecule has 6 nitrogen and oxygen atoms in total. The molecule has 0 spiro atoms. The van der Waals surface area contributed by atoms with E-state index in [0.717, 1.165) is 4.57 Å². The number of rotatable bonds is 5. The highest BCUT2D eigenvalue weighted by Gasteiger charge is 2.12. The van der Waals surface area contributed by atoms with Crippen molar-refractivity contribution in [2.45, 2.75) is 32.7 Å². The van der Waals surface area contributed by atoms with Gasteiger partial charge >= 0.3 is 5.69 Å². The summed E-state index contributed by atoms with van der Waals surface area (Å²) in [6, 6.07) is 1.44. The fraction of sp³-hybridized carbons (Fsp3) is 0.500. The van der Waals surface area contributed by atoms with Crippen LogP contribution >= 0.6 is 0 Å². The van der Waals surface area contributed by atoms with E-state index in [1.165, 1.54) is 23.9 Å². The summed E-state index contributed by atoms with van der Waals surface area (Å²) in [6.07, 6.45) is 1.65. The highest BCUT2D eigenvalue weighted by Crippen LogP contribution is 2.07. The van der Waals surface area contributed by atoms with E-state index >= 15 is 0 Å². The molecule has 0 radical (unpaired) electrons. The van der Waals surface area contributed by atoms with Gasteiger partial charge in [0.15, 0.2) is 0 Å². The summed E-state index contributed by atoms with van der Waals surface area (Å²) in [5.74, 6) is -0.886. The van der Waals surface area contributed by atoms with Gasteiger partial charge in [0.05, 0.1) is 5.39 Å². The Morgan fingerprint density at radius 1 is 1.35 bits per heavy atom. The van der Waals surface area contributed by atoms with E-state index < -0.39 is 30.9 Å². The van der Waals surface area contributed by atoms with Crippen molar-refractivity contribution in [2.24, 2.45) is 14.0 Å². The van der Waals surface area contributed by atoms with Crippen LogP contribution in [0.5, 0.6) is 0 Å². The van der Waals surface area contributed by atoms with Gasteiger partial charge in [-0.25, -0.2) is 4.79 Å². The van der Waals surface area contributed by atoms with Gasteiger partial charge in [-0.05, 0) is 25.8 Å². The van der Waals surface area contributed by atoms with Crippen LogP contribution in [0.15, 0.2) is 21.9 Å². The zero-order chi connectivity index (χ0) is 19.9. The van der Waals surface area contributed by atoms with Crippen LogP contribution in [0.3, 0.4) is 0 Å². The largest absolute Gasteiger partial charge is 0.337 e. The molecule has 0 bridgehead atoms. The van der Waals surface area contributed by atoms with E-state index in [-0.39, 0.29) is 36.8 Å². The summed E-state index contributed by atoms with van der Waals surface area (Å²) < 4.78 is 46.6. The molecule has 0 aliphatic carbocycles. The number of hydrogen-bond acceptors (Lipinski definition) is 3. The van der Waals surface area contributed by atoms with Crippen molar-refractivity contribution in [3.8, 4) is 0 Å². The molecule has 0 unspecified atom stereocenters. The van der Waals surface area contributed by atoms with Crippen LogP contribution in [0.4, 0.5) is 0 Å². The molecular formula is C14H19N3O3. The predicted molar refractivity (Wildman–Crippen MR) is 77.0 cm³/mol. The number of carbonyl (C=O) groups excluding carboxylic acids is 1. The quantitative estimate of drug-likeness (QED) is 0.762. The van der Waals surface area contributed by atoms with Crippen LogP contribution in [-0.2, 0) is 25.4 Å². The van der Waals surface area contributed by atoms with Crippen molar-refractivity contribution in [1.29, 1.82) is 0 Å². The minimum Gasteiger partial charge on any atom is -0.337 e. The van der Waals surface area contributed by atoms with Crippen molar-refractivity contribution in [1.82, 2.24) is 13.7 Å². The van der Waals surface area contributed by atoms with Crippen molar-refractivity contribution in [2.75, 3.05) is 0 Å². The normalized spacial score (nSPS) is 16.9. The maximum Gasteiger partial charge on any atom is 0.332 e. The van der Waals surface area contributed by atoms with Gasteiger partial charge in [-0.15, -0.1) is 0 Å². The lowest BCUT2D eigenvalue weighted by Gasteiger charge is -2.09. The topological polar surface area (TPSA) is 66.0 Å². The summed E-state index contributed by atoms with van der Waals surface area (Å²) in [5.41, 5.74) is -1.58. The molecule has 0 aliphatic rings. The highest BCUT2D eigenvalue weighted by atomic mass is 16.2. The molecule has 0 fully saturated rings. The van der Waals surface area contributed by atoms with Gasteiger partial charge in [-0.3, -0.25) is 13.9 Å². The van der Waals surface area contributed by atoms with Gasteiger partial charge < -0.3 is 9.36 Å². The maximum atomic E-state index is 12.6. The number of ketones is 1. The fourth-order valence-electron chi connectivity index (χ4n) is 2.16. The maximum absolute atomic E-state index is 12.6. The zero-order valence-electron chi connectivity index (χ0n) is 17.0. The van der Waals surface area contributed by atoms with E-state index in [0.29, 0.717) is 4.57 Å². The summed E-state index contributed by atoms with van der Waals surface area (Å²) in [4.78, 5) is 36.5. The molecule has 0 amide bonds. The van der Waals surface area contributed by atoms with Crippen LogP contribution in [0.25, 0.3) is 11.0 Å². The van der Waals surface area contributed by atoms with Crippen molar-refractivity contribution in [3.63, 3.8) is 0 Å². The fourth-order valence-corrected chi connectivity index (χ4v) is 2.16. The Balaban J connectivity index is 2.36. The SMILES string of the molecule is [2H]C([2H])([2H])C(=O)CCCCn1c(=O)c2ccn(C)c2n(C([2H])([2H])[2H])c1=O. The molecule has 20 heavy (non-hydrogen) atoms. The van der Waals surface area contributed by atoms with Crippen LogP contribution in [0, 0.1) is 0 Å². The molecule has 0 atom stereocenters. The number of fused-ring (bicyclic) bond motifs is 1. The number of unbranched alkanes of at least 4 members (excludes halogenated alkanes) is 1. The molecule has 0 aliphatic heterocycles. The van der Waals surface area contributed by atoms with Crippen LogP contribution in [0.2, 0.25) is 0 Å².